The fraction of sp³-hybridized carbons (Fsp3) is 0.467. The van der Waals surface area contributed by atoms with Gasteiger partial charge in [0.2, 0.25) is 5.91 Å². The molecule has 2 amide bonds. The van der Waals surface area contributed by atoms with Gasteiger partial charge in [0, 0.05) is 52.4 Å². The molecule has 0 saturated carbocycles. The minimum absolute atomic E-state index is 0.0372. The summed E-state index contributed by atoms with van der Waals surface area (Å²) in [4.78, 5) is 38.0. The quantitative estimate of drug-likeness (QED) is 0.571. The molecule has 1 aliphatic rings. The highest BCUT2D eigenvalue weighted by Gasteiger charge is 2.24. The lowest BCUT2D eigenvalue weighted by molar-refractivity contribution is -0.384. The number of likely N-dealkylation sites (N-methyl/N-ethyl adjacent to an activating group) is 1. The highest BCUT2D eigenvalue weighted by Crippen LogP contribution is 2.26. The van der Waals surface area contributed by atoms with Crippen molar-refractivity contribution < 1.29 is 14.5 Å². The second-order valence-electron chi connectivity index (χ2n) is 5.47. The van der Waals surface area contributed by atoms with Crippen LogP contribution in [0.4, 0.5) is 11.4 Å². The first-order valence-electron chi connectivity index (χ1n) is 7.64. The van der Waals surface area contributed by atoms with E-state index >= 15 is 0 Å². The van der Waals surface area contributed by atoms with Crippen molar-refractivity contribution in [2.45, 2.75) is 0 Å². The Morgan fingerprint density at radius 1 is 1.17 bits per heavy atom. The van der Waals surface area contributed by atoms with E-state index in [1.807, 2.05) is 9.80 Å². The molecule has 1 aliphatic heterocycles. The van der Waals surface area contributed by atoms with Gasteiger partial charge in [0.25, 0.3) is 11.6 Å². The van der Waals surface area contributed by atoms with Crippen molar-refractivity contribution in [3.63, 3.8) is 0 Å². The number of nitro benzene ring substituents is 1. The predicted octanol–water partition coefficient (Wildman–Crippen LogP) is -0.178. The van der Waals surface area contributed by atoms with Crippen LogP contribution in [0.3, 0.4) is 0 Å². The first kappa shape index (κ1) is 17.7. The van der Waals surface area contributed by atoms with E-state index in [1.165, 1.54) is 19.2 Å². The Morgan fingerprint density at radius 2 is 1.83 bits per heavy atom. The molecule has 2 rings (SSSR count). The SMILES string of the molecule is CNC(=O)CN1CCN(c2ccc([N+](=O)[O-])cc2C(=O)NC)CC1. The van der Waals surface area contributed by atoms with Gasteiger partial charge in [0.15, 0.2) is 0 Å². The molecule has 0 radical (unpaired) electrons. The third kappa shape index (κ3) is 3.99. The molecule has 1 heterocycles. The predicted molar refractivity (Wildman–Crippen MR) is 89.2 cm³/mol. The summed E-state index contributed by atoms with van der Waals surface area (Å²) in [6.45, 7) is 2.97. The number of nitrogens with zero attached hydrogens (tertiary/aromatic N) is 3. The molecule has 0 aromatic heterocycles. The maximum absolute atomic E-state index is 12.1. The number of carbonyl (C=O) groups is 2. The van der Waals surface area contributed by atoms with Gasteiger partial charge in [-0.15, -0.1) is 0 Å². The number of rotatable bonds is 5. The highest BCUT2D eigenvalue weighted by atomic mass is 16.6. The Bertz CT molecular complexity index is 641. The van der Waals surface area contributed by atoms with Crippen LogP contribution in [-0.4, -0.2) is 68.5 Å². The van der Waals surface area contributed by atoms with E-state index in [2.05, 4.69) is 10.6 Å². The molecule has 0 spiro atoms. The van der Waals surface area contributed by atoms with Gasteiger partial charge in [-0.2, -0.15) is 0 Å². The summed E-state index contributed by atoms with van der Waals surface area (Å²) in [6.07, 6.45) is 0. The van der Waals surface area contributed by atoms with Crippen molar-refractivity contribution in [3.05, 3.63) is 33.9 Å². The molecule has 1 fully saturated rings. The van der Waals surface area contributed by atoms with Gasteiger partial charge in [-0.3, -0.25) is 24.6 Å². The summed E-state index contributed by atoms with van der Waals surface area (Å²) in [7, 11) is 3.09. The molecule has 0 aliphatic carbocycles. The van der Waals surface area contributed by atoms with E-state index in [1.54, 1.807) is 13.1 Å². The Kier molecular flexibility index (Phi) is 5.69. The maximum Gasteiger partial charge on any atom is 0.270 e. The summed E-state index contributed by atoms with van der Waals surface area (Å²) in [5.41, 5.74) is 0.835. The van der Waals surface area contributed by atoms with Crippen LogP contribution in [0, 0.1) is 10.1 Å². The third-order valence-corrected chi connectivity index (χ3v) is 4.02. The van der Waals surface area contributed by atoms with Crippen LogP contribution >= 0.6 is 0 Å². The lowest BCUT2D eigenvalue weighted by Gasteiger charge is -2.36. The molecule has 0 unspecified atom stereocenters. The monoisotopic (exact) mass is 335 g/mol. The lowest BCUT2D eigenvalue weighted by atomic mass is 10.1. The molecule has 1 aromatic carbocycles. The second-order valence-corrected chi connectivity index (χ2v) is 5.47. The number of carbonyl (C=O) groups excluding carboxylic acids is 2. The summed E-state index contributed by atoms with van der Waals surface area (Å²) in [6, 6.07) is 4.31. The van der Waals surface area contributed by atoms with Crippen molar-refractivity contribution in [3.8, 4) is 0 Å². The van der Waals surface area contributed by atoms with Gasteiger partial charge in [-0.25, -0.2) is 0 Å². The molecule has 130 valence electrons. The third-order valence-electron chi connectivity index (χ3n) is 4.02. The molecule has 9 nitrogen and oxygen atoms in total. The zero-order chi connectivity index (χ0) is 17.7. The van der Waals surface area contributed by atoms with Crippen LogP contribution < -0.4 is 15.5 Å². The summed E-state index contributed by atoms with van der Waals surface area (Å²) < 4.78 is 0. The van der Waals surface area contributed by atoms with Crippen LogP contribution in [0.5, 0.6) is 0 Å². The van der Waals surface area contributed by atoms with E-state index in [9.17, 15) is 19.7 Å². The van der Waals surface area contributed by atoms with Crippen LogP contribution in [0.15, 0.2) is 18.2 Å². The fourth-order valence-corrected chi connectivity index (χ4v) is 2.66. The van der Waals surface area contributed by atoms with Crippen molar-refractivity contribution in [2.75, 3.05) is 51.7 Å². The molecule has 24 heavy (non-hydrogen) atoms. The molecule has 2 N–H and O–H groups in total. The van der Waals surface area contributed by atoms with Crippen LogP contribution in [0.2, 0.25) is 0 Å². The number of amides is 2. The average molecular weight is 335 g/mol. The average Bonchev–Trinajstić information content (AvgIpc) is 2.61. The first-order valence-corrected chi connectivity index (χ1v) is 7.64. The number of nitrogens with one attached hydrogen (secondary N) is 2. The summed E-state index contributed by atoms with van der Waals surface area (Å²) in [5.74, 6) is -0.397. The Balaban J connectivity index is 2.16. The van der Waals surface area contributed by atoms with Crippen LogP contribution in [0.1, 0.15) is 10.4 Å². The van der Waals surface area contributed by atoms with Gasteiger partial charge in [0.1, 0.15) is 0 Å². The molecule has 1 aromatic rings. The van der Waals surface area contributed by atoms with Crippen LogP contribution in [-0.2, 0) is 4.79 Å². The number of benzene rings is 1. The molecular formula is C15H21N5O4. The number of hydrogen-bond acceptors (Lipinski definition) is 6. The summed E-state index contributed by atoms with van der Waals surface area (Å²) in [5, 5.41) is 16.1. The Morgan fingerprint density at radius 3 is 2.38 bits per heavy atom. The molecule has 0 atom stereocenters. The number of non-ortho nitro benzene ring substituents is 1. The van der Waals surface area contributed by atoms with Gasteiger partial charge >= 0.3 is 0 Å². The van der Waals surface area contributed by atoms with E-state index < -0.39 is 4.92 Å². The first-order chi connectivity index (χ1) is 11.5. The molecule has 0 bridgehead atoms. The molecular weight excluding hydrogens is 314 g/mol. The fourth-order valence-electron chi connectivity index (χ4n) is 2.66. The zero-order valence-corrected chi connectivity index (χ0v) is 13.7. The van der Waals surface area contributed by atoms with Gasteiger partial charge in [-0.05, 0) is 6.07 Å². The second kappa shape index (κ2) is 7.73. The van der Waals surface area contributed by atoms with Crippen molar-refractivity contribution in [1.82, 2.24) is 15.5 Å². The van der Waals surface area contributed by atoms with Gasteiger partial charge in [-0.1, -0.05) is 0 Å². The summed E-state index contributed by atoms with van der Waals surface area (Å²) >= 11 is 0. The number of piperazine rings is 1. The van der Waals surface area contributed by atoms with E-state index in [-0.39, 0.29) is 23.1 Å². The molecule has 9 heteroatoms. The van der Waals surface area contributed by atoms with Crippen molar-refractivity contribution in [2.24, 2.45) is 0 Å². The topological polar surface area (TPSA) is 108 Å². The maximum atomic E-state index is 12.1. The smallest absolute Gasteiger partial charge is 0.270 e. The zero-order valence-electron chi connectivity index (χ0n) is 13.7. The van der Waals surface area contributed by atoms with Crippen molar-refractivity contribution >= 4 is 23.2 Å². The minimum atomic E-state index is -0.516. The highest BCUT2D eigenvalue weighted by molar-refractivity contribution is 6.00. The largest absolute Gasteiger partial charge is 0.368 e. The molecule has 1 saturated heterocycles. The van der Waals surface area contributed by atoms with Gasteiger partial charge in [0.05, 0.1) is 22.7 Å². The lowest BCUT2D eigenvalue weighted by Crippen LogP contribution is -2.49. The Hall–Kier alpha value is -2.68. The normalized spacial score (nSPS) is 15.0. The minimum Gasteiger partial charge on any atom is -0.368 e. The number of nitro groups is 1. The standard InChI is InChI=1S/C15H21N5O4/c1-16-14(21)10-18-5-7-19(8-6-18)13-4-3-11(20(23)24)9-12(13)15(22)17-2/h3-4,9H,5-8,10H2,1-2H3,(H,16,21)(H,17,22). The van der Waals surface area contributed by atoms with E-state index in [0.29, 0.717) is 38.4 Å². The number of anilines is 1. The van der Waals surface area contributed by atoms with Crippen LogP contribution in [0.25, 0.3) is 0 Å². The van der Waals surface area contributed by atoms with Crippen molar-refractivity contribution in [1.29, 1.82) is 0 Å². The number of hydrogen-bond donors (Lipinski definition) is 2. The van der Waals surface area contributed by atoms with Gasteiger partial charge < -0.3 is 15.5 Å². The Labute approximate surface area is 139 Å². The van der Waals surface area contributed by atoms with E-state index in [4.69, 9.17) is 0 Å². The van der Waals surface area contributed by atoms with E-state index in [0.717, 1.165) is 0 Å².